The highest BCUT2D eigenvalue weighted by molar-refractivity contribution is 7.90. The molecule has 2 heterocycles. The molecule has 1 aliphatic rings. The van der Waals surface area contributed by atoms with E-state index < -0.39 is 28.4 Å². The maximum Gasteiger partial charge on any atom is 0.490 e. The summed E-state index contributed by atoms with van der Waals surface area (Å²) in [5, 5.41) is 0.305. The van der Waals surface area contributed by atoms with Crippen molar-refractivity contribution in [2.75, 3.05) is 13.2 Å². The predicted octanol–water partition coefficient (Wildman–Crippen LogP) is 4.09. The first kappa shape index (κ1) is 23.1. The molecule has 33 heavy (non-hydrogen) atoms. The Morgan fingerprint density at radius 2 is 1.82 bits per heavy atom. The number of nitrogens with zero attached hydrogens (tertiary/aromatic N) is 2. The van der Waals surface area contributed by atoms with Crippen molar-refractivity contribution in [3.8, 4) is 5.75 Å². The summed E-state index contributed by atoms with van der Waals surface area (Å²) in [4.78, 5) is 13.4. The van der Waals surface area contributed by atoms with E-state index in [-0.39, 0.29) is 40.9 Å². The summed E-state index contributed by atoms with van der Waals surface area (Å²) in [7, 11) is -3.98. The predicted molar refractivity (Wildman–Crippen MR) is 113 cm³/mol. The highest BCUT2D eigenvalue weighted by atomic mass is 32.2. The number of hydrogen-bond donors (Lipinski definition) is 0. The van der Waals surface area contributed by atoms with Crippen LogP contribution in [0.4, 0.5) is 13.2 Å². The molecule has 1 aliphatic heterocycles. The number of hydrogen-bond acceptors (Lipinski definition) is 6. The van der Waals surface area contributed by atoms with Crippen LogP contribution in [0.15, 0.2) is 59.6 Å². The van der Waals surface area contributed by atoms with Crippen molar-refractivity contribution in [2.45, 2.75) is 37.2 Å². The minimum atomic E-state index is -5.19. The second-order valence-electron chi connectivity index (χ2n) is 7.78. The van der Waals surface area contributed by atoms with Crippen LogP contribution < -0.4 is 4.74 Å². The molecule has 11 heteroatoms. The van der Waals surface area contributed by atoms with Crippen LogP contribution in [0.25, 0.3) is 10.9 Å². The Labute approximate surface area is 188 Å². The average molecular weight is 482 g/mol. The zero-order valence-electron chi connectivity index (χ0n) is 17.7. The van der Waals surface area contributed by atoms with Crippen LogP contribution in [0.3, 0.4) is 0 Å². The molecular weight excluding hydrogens is 461 g/mol. The molecule has 3 aromatic rings. The Morgan fingerprint density at radius 1 is 1.12 bits per heavy atom. The highest BCUT2D eigenvalue weighted by Gasteiger charge is 2.45. The lowest BCUT2D eigenvalue weighted by Crippen LogP contribution is -2.40. The molecule has 0 amide bonds. The van der Waals surface area contributed by atoms with Gasteiger partial charge in [-0.1, -0.05) is 18.2 Å². The molecule has 1 aromatic heterocycles. The van der Waals surface area contributed by atoms with Crippen LogP contribution in [-0.2, 0) is 19.6 Å². The van der Waals surface area contributed by atoms with Crippen molar-refractivity contribution in [2.24, 2.45) is 0 Å². The average Bonchev–Trinajstić information content (AvgIpc) is 3.11. The fourth-order valence-electron chi connectivity index (χ4n) is 3.86. The Morgan fingerprint density at radius 3 is 2.45 bits per heavy atom. The molecule has 0 radical (unpaired) electrons. The van der Waals surface area contributed by atoms with Crippen molar-refractivity contribution in [1.29, 1.82) is 0 Å². The van der Waals surface area contributed by atoms with E-state index in [0.717, 1.165) is 3.97 Å². The quantitative estimate of drug-likeness (QED) is 0.522. The number of benzene rings is 2. The van der Waals surface area contributed by atoms with Crippen molar-refractivity contribution < 1.29 is 35.9 Å². The van der Waals surface area contributed by atoms with E-state index in [1.54, 1.807) is 36.9 Å². The van der Waals surface area contributed by atoms with Gasteiger partial charge in [0.15, 0.2) is 6.23 Å². The van der Waals surface area contributed by atoms with Gasteiger partial charge in [0, 0.05) is 24.2 Å². The van der Waals surface area contributed by atoms with Crippen molar-refractivity contribution in [3.63, 3.8) is 0 Å². The number of fused-ring (bicyclic) bond motifs is 3. The number of carbonyl (C=O) groups excluding carboxylic acids is 1. The Hall–Kier alpha value is -3.05. The molecule has 0 bridgehead atoms. The Bertz CT molecular complexity index is 1290. The highest BCUT2D eigenvalue weighted by Crippen LogP contribution is 2.41. The molecule has 0 saturated heterocycles. The molecule has 0 spiro atoms. The second-order valence-corrected chi connectivity index (χ2v) is 9.59. The smallest absolute Gasteiger partial charge is 0.490 e. The Kier molecular flexibility index (Phi) is 5.87. The third kappa shape index (κ3) is 4.18. The third-order valence-electron chi connectivity index (χ3n) is 5.41. The molecule has 7 nitrogen and oxygen atoms in total. The van der Waals surface area contributed by atoms with Crippen LogP contribution >= 0.6 is 0 Å². The molecule has 176 valence electrons. The van der Waals surface area contributed by atoms with E-state index in [1.807, 2.05) is 0 Å². The first-order valence-electron chi connectivity index (χ1n) is 10.1. The number of alkyl halides is 3. The van der Waals surface area contributed by atoms with Gasteiger partial charge in [0.05, 0.1) is 16.0 Å². The van der Waals surface area contributed by atoms with E-state index in [2.05, 4.69) is 0 Å². The van der Waals surface area contributed by atoms with Gasteiger partial charge < -0.3 is 9.47 Å². The summed E-state index contributed by atoms with van der Waals surface area (Å²) in [6, 6.07) is 11.9. The van der Waals surface area contributed by atoms with E-state index in [0.29, 0.717) is 5.39 Å². The lowest BCUT2D eigenvalue weighted by Gasteiger charge is -2.32. The number of rotatable bonds is 4. The zero-order valence-corrected chi connectivity index (χ0v) is 18.6. The van der Waals surface area contributed by atoms with Gasteiger partial charge in [0.1, 0.15) is 12.4 Å². The van der Waals surface area contributed by atoms with Crippen molar-refractivity contribution in [3.05, 3.63) is 60.3 Å². The van der Waals surface area contributed by atoms with Crippen LogP contribution in [0, 0.1) is 0 Å². The number of carbonyl (C=O) groups is 1. The van der Waals surface area contributed by atoms with Crippen molar-refractivity contribution >= 4 is 26.9 Å². The van der Waals surface area contributed by atoms with Gasteiger partial charge in [-0.3, -0.25) is 4.90 Å². The maximum absolute atomic E-state index is 13.2. The fourth-order valence-corrected chi connectivity index (χ4v) is 5.23. The summed E-state index contributed by atoms with van der Waals surface area (Å²) >= 11 is 0. The number of ether oxygens (including phenoxy) is 2. The zero-order chi connectivity index (χ0) is 24.0. The van der Waals surface area contributed by atoms with E-state index >= 15 is 0 Å². The second kappa shape index (κ2) is 8.38. The summed E-state index contributed by atoms with van der Waals surface area (Å²) in [6.07, 6.45) is -5.29. The molecule has 0 saturated carbocycles. The van der Waals surface area contributed by atoms with Crippen LogP contribution in [0.2, 0.25) is 0 Å². The van der Waals surface area contributed by atoms with Crippen LogP contribution in [-0.4, -0.2) is 48.6 Å². The van der Waals surface area contributed by atoms with E-state index in [9.17, 15) is 26.4 Å². The third-order valence-corrected chi connectivity index (χ3v) is 7.11. The van der Waals surface area contributed by atoms with Crippen molar-refractivity contribution in [1.82, 2.24) is 8.87 Å². The molecule has 2 aromatic carbocycles. The van der Waals surface area contributed by atoms with Gasteiger partial charge in [-0.15, -0.1) is 0 Å². The van der Waals surface area contributed by atoms with Gasteiger partial charge >= 0.3 is 12.1 Å². The van der Waals surface area contributed by atoms with Gasteiger partial charge in [-0.25, -0.2) is 17.2 Å². The molecule has 1 atom stereocenters. The first-order chi connectivity index (χ1) is 15.5. The molecule has 0 aliphatic carbocycles. The summed E-state index contributed by atoms with van der Waals surface area (Å²) < 4.78 is 77.3. The lowest BCUT2D eigenvalue weighted by molar-refractivity contribution is -0.214. The SMILES string of the molecule is CC(C)N1CCOc2ccc3c(ccn3S(=O)(=O)c3ccccc3)c2C1OC(=O)C(F)(F)F. The number of aromatic nitrogens is 1. The lowest BCUT2D eigenvalue weighted by atomic mass is 10.1. The first-order valence-corrected chi connectivity index (χ1v) is 11.6. The summed E-state index contributed by atoms with van der Waals surface area (Å²) in [6.45, 7) is 3.86. The van der Waals surface area contributed by atoms with Gasteiger partial charge in [-0.05, 0) is 44.2 Å². The normalized spacial score (nSPS) is 17.5. The minimum Gasteiger partial charge on any atom is -0.492 e. The van der Waals surface area contributed by atoms with E-state index in [1.165, 1.54) is 36.5 Å². The fraction of sp³-hybridized carbons (Fsp3) is 0.318. The number of esters is 1. The maximum atomic E-state index is 13.2. The molecular formula is C22H21F3N2O5S. The summed E-state index contributed by atoms with van der Waals surface area (Å²) in [5.41, 5.74) is 0.387. The number of halogens is 3. The van der Waals surface area contributed by atoms with E-state index in [4.69, 9.17) is 9.47 Å². The minimum absolute atomic E-state index is 0.0533. The van der Waals surface area contributed by atoms with Crippen LogP contribution in [0.1, 0.15) is 25.6 Å². The Balaban J connectivity index is 1.91. The van der Waals surface area contributed by atoms with Gasteiger partial charge in [-0.2, -0.15) is 13.2 Å². The standard InChI is InChI=1S/C22H21F3N2O5S/c1-14(2)26-12-13-31-18-9-8-17-16(19(18)20(26)32-21(28)22(23,24)25)10-11-27(17)33(29,30)15-6-4-3-5-7-15/h3-11,14,20H,12-13H2,1-2H3. The van der Waals surface area contributed by atoms with Gasteiger partial charge in [0.2, 0.25) is 0 Å². The molecule has 4 rings (SSSR count). The van der Waals surface area contributed by atoms with Crippen LogP contribution in [0.5, 0.6) is 5.75 Å². The summed E-state index contributed by atoms with van der Waals surface area (Å²) in [5.74, 6) is -2.11. The largest absolute Gasteiger partial charge is 0.492 e. The molecule has 1 unspecified atom stereocenters. The molecule has 0 N–H and O–H groups in total. The monoisotopic (exact) mass is 482 g/mol. The topological polar surface area (TPSA) is 77.8 Å². The van der Waals surface area contributed by atoms with Gasteiger partial charge in [0.25, 0.3) is 10.0 Å². The molecule has 0 fully saturated rings.